The molecule has 0 amide bonds. The molecular weight excluding hydrogens is 304 g/mol. The Balaban J connectivity index is 2.38. The van der Waals surface area contributed by atoms with Gasteiger partial charge in [0.25, 0.3) is 0 Å². The Morgan fingerprint density at radius 2 is 2.47 bits per heavy atom. The number of imidazole rings is 1. The van der Waals surface area contributed by atoms with Crippen LogP contribution in [0, 0.1) is 6.92 Å². The van der Waals surface area contributed by atoms with E-state index in [0.29, 0.717) is 5.82 Å². The lowest BCUT2D eigenvalue weighted by atomic mass is 10.00. The SMILES string of the molecule is Cc1ccsc1C(CC(=O)O)c1ncc(Br)[nH]1. The molecule has 2 N–H and O–H groups in total. The van der Waals surface area contributed by atoms with Crippen molar-refractivity contribution in [2.45, 2.75) is 19.3 Å². The van der Waals surface area contributed by atoms with E-state index in [2.05, 4.69) is 25.9 Å². The van der Waals surface area contributed by atoms with Gasteiger partial charge in [-0.1, -0.05) is 0 Å². The van der Waals surface area contributed by atoms with Gasteiger partial charge in [-0.3, -0.25) is 4.79 Å². The Labute approximate surface area is 111 Å². The number of nitrogens with zero attached hydrogens (tertiary/aromatic N) is 1. The van der Waals surface area contributed by atoms with Crippen molar-refractivity contribution >= 4 is 33.2 Å². The topological polar surface area (TPSA) is 66.0 Å². The van der Waals surface area contributed by atoms with Crippen LogP contribution in [0.5, 0.6) is 0 Å². The summed E-state index contributed by atoms with van der Waals surface area (Å²) in [6.07, 6.45) is 1.69. The van der Waals surface area contributed by atoms with Crippen LogP contribution in [-0.2, 0) is 4.79 Å². The quantitative estimate of drug-likeness (QED) is 0.911. The number of H-pyrrole nitrogens is 1. The Bertz CT molecular complexity index is 535. The number of aryl methyl sites for hydroxylation is 1. The third-order valence-corrected chi connectivity index (χ3v) is 4.03. The van der Waals surface area contributed by atoms with Crippen molar-refractivity contribution in [3.05, 3.63) is 38.5 Å². The second-order valence-electron chi connectivity index (χ2n) is 3.73. The number of carboxylic acids is 1. The Hall–Kier alpha value is -1.14. The van der Waals surface area contributed by atoms with Gasteiger partial charge in [-0.25, -0.2) is 4.98 Å². The molecule has 0 saturated heterocycles. The molecule has 0 radical (unpaired) electrons. The summed E-state index contributed by atoms with van der Waals surface area (Å²) >= 11 is 4.85. The van der Waals surface area contributed by atoms with E-state index in [1.165, 1.54) is 0 Å². The average Bonchev–Trinajstić information content (AvgIpc) is 2.84. The number of halogens is 1. The maximum Gasteiger partial charge on any atom is 0.304 e. The van der Waals surface area contributed by atoms with Crippen LogP contribution in [0.25, 0.3) is 0 Å². The maximum absolute atomic E-state index is 10.9. The first-order chi connectivity index (χ1) is 8.08. The zero-order valence-corrected chi connectivity index (χ0v) is 11.5. The summed E-state index contributed by atoms with van der Waals surface area (Å²) in [4.78, 5) is 19.3. The third kappa shape index (κ3) is 2.76. The van der Waals surface area contributed by atoms with E-state index >= 15 is 0 Å². The van der Waals surface area contributed by atoms with Crippen molar-refractivity contribution in [3.8, 4) is 0 Å². The van der Waals surface area contributed by atoms with Crippen LogP contribution < -0.4 is 0 Å². The number of hydrogen-bond acceptors (Lipinski definition) is 3. The van der Waals surface area contributed by atoms with Crippen molar-refractivity contribution in [1.29, 1.82) is 0 Å². The zero-order valence-electron chi connectivity index (χ0n) is 9.11. The van der Waals surface area contributed by atoms with E-state index in [0.717, 1.165) is 15.0 Å². The lowest BCUT2D eigenvalue weighted by molar-refractivity contribution is -0.137. The number of carboxylic acid groups (broad SMARTS) is 1. The van der Waals surface area contributed by atoms with Crippen molar-refractivity contribution < 1.29 is 9.90 Å². The summed E-state index contributed by atoms with van der Waals surface area (Å²) in [5.41, 5.74) is 1.11. The molecule has 0 saturated carbocycles. The van der Waals surface area contributed by atoms with E-state index < -0.39 is 5.97 Å². The number of thiophene rings is 1. The molecule has 0 bridgehead atoms. The van der Waals surface area contributed by atoms with Crippen LogP contribution >= 0.6 is 27.3 Å². The largest absolute Gasteiger partial charge is 0.481 e. The fraction of sp³-hybridized carbons (Fsp3) is 0.273. The molecule has 2 heterocycles. The number of aromatic amines is 1. The molecule has 2 aromatic rings. The molecule has 90 valence electrons. The number of aliphatic carboxylic acids is 1. The van der Waals surface area contributed by atoms with Crippen LogP contribution in [0.15, 0.2) is 22.2 Å². The van der Waals surface area contributed by atoms with E-state index in [1.54, 1.807) is 17.5 Å². The first kappa shape index (κ1) is 12.3. The van der Waals surface area contributed by atoms with Crippen molar-refractivity contribution in [3.63, 3.8) is 0 Å². The molecule has 0 spiro atoms. The lowest BCUT2D eigenvalue weighted by Crippen LogP contribution is -2.09. The Kier molecular flexibility index (Phi) is 3.63. The molecule has 0 aliphatic carbocycles. The van der Waals surface area contributed by atoms with E-state index in [1.807, 2.05) is 18.4 Å². The summed E-state index contributed by atoms with van der Waals surface area (Å²) in [5, 5.41) is 11.0. The highest BCUT2D eigenvalue weighted by Gasteiger charge is 2.23. The number of nitrogens with one attached hydrogen (secondary N) is 1. The Morgan fingerprint density at radius 1 is 1.71 bits per heavy atom. The lowest BCUT2D eigenvalue weighted by Gasteiger charge is -2.11. The molecule has 6 heteroatoms. The van der Waals surface area contributed by atoms with Crippen LogP contribution in [0.2, 0.25) is 0 Å². The van der Waals surface area contributed by atoms with Gasteiger partial charge in [0.2, 0.25) is 0 Å². The highest BCUT2D eigenvalue weighted by molar-refractivity contribution is 9.10. The van der Waals surface area contributed by atoms with Crippen LogP contribution in [0.4, 0.5) is 0 Å². The second-order valence-corrected chi connectivity index (χ2v) is 5.54. The van der Waals surface area contributed by atoms with Gasteiger partial charge in [0.1, 0.15) is 10.4 Å². The van der Waals surface area contributed by atoms with Gasteiger partial charge >= 0.3 is 5.97 Å². The van der Waals surface area contributed by atoms with Gasteiger partial charge < -0.3 is 10.1 Å². The van der Waals surface area contributed by atoms with Crippen molar-refractivity contribution in [1.82, 2.24) is 9.97 Å². The summed E-state index contributed by atoms with van der Waals surface area (Å²) < 4.78 is 0.761. The maximum atomic E-state index is 10.9. The van der Waals surface area contributed by atoms with E-state index in [9.17, 15) is 4.79 Å². The normalized spacial score (nSPS) is 12.6. The summed E-state index contributed by atoms with van der Waals surface area (Å²) in [7, 11) is 0. The highest BCUT2D eigenvalue weighted by atomic mass is 79.9. The van der Waals surface area contributed by atoms with Crippen molar-refractivity contribution in [2.24, 2.45) is 0 Å². The third-order valence-electron chi connectivity index (χ3n) is 2.49. The smallest absolute Gasteiger partial charge is 0.304 e. The number of aromatic nitrogens is 2. The van der Waals surface area contributed by atoms with Gasteiger partial charge in [0, 0.05) is 4.88 Å². The van der Waals surface area contributed by atoms with E-state index in [4.69, 9.17) is 5.11 Å². The number of carbonyl (C=O) groups is 1. The molecule has 17 heavy (non-hydrogen) atoms. The van der Waals surface area contributed by atoms with Gasteiger partial charge in [-0.2, -0.15) is 0 Å². The summed E-state index contributed by atoms with van der Waals surface area (Å²) in [5.74, 6) is -0.348. The number of hydrogen-bond donors (Lipinski definition) is 2. The summed E-state index contributed by atoms with van der Waals surface area (Å²) in [6, 6.07) is 1.99. The molecule has 0 aromatic carbocycles. The first-order valence-electron chi connectivity index (χ1n) is 5.04. The average molecular weight is 315 g/mol. The minimum absolute atomic E-state index is 0.0430. The van der Waals surface area contributed by atoms with E-state index in [-0.39, 0.29) is 12.3 Å². The van der Waals surface area contributed by atoms with Crippen LogP contribution in [-0.4, -0.2) is 21.0 Å². The van der Waals surface area contributed by atoms with Gasteiger partial charge in [-0.15, -0.1) is 11.3 Å². The van der Waals surface area contributed by atoms with Gasteiger partial charge in [0.05, 0.1) is 18.5 Å². The molecule has 2 rings (SSSR count). The molecule has 1 atom stereocenters. The highest BCUT2D eigenvalue weighted by Crippen LogP contribution is 2.32. The molecule has 0 aliphatic rings. The molecule has 0 fully saturated rings. The Morgan fingerprint density at radius 3 is 2.94 bits per heavy atom. The predicted molar refractivity (Wildman–Crippen MR) is 69.4 cm³/mol. The number of rotatable bonds is 4. The molecule has 0 aliphatic heterocycles. The fourth-order valence-corrected chi connectivity index (χ4v) is 3.06. The fourth-order valence-electron chi connectivity index (χ4n) is 1.72. The zero-order chi connectivity index (χ0) is 12.4. The molecule has 1 unspecified atom stereocenters. The predicted octanol–water partition coefficient (Wildman–Crippen LogP) is 3.15. The van der Waals surface area contributed by atoms with Crippen molar-refractivity contribution in [2.75, 3.05) is 0 Å². The van der Waals surface area contributed by atoms with Crippen LogP contribution in [0.1, 0.15) is 28.6 Å². The summed E-state index contributed by atoms with van der Waals surface area (Å²) in [6.45, 7) is 1.98. The monoisotopic (exact) mass is 314 g/mol. The standard InChI is InChI=1S/C11H11BrN2O2S/c1-6-2-3-17-10(6)7(4-9(15)16)11-13-5-8(12)14-11/h2-3,5,7H,4H2,1H3,(H,13,14)(H,15,16). The first-order valence-corrected chi connectivity index (χ1v) is 6.71. The molecular formula is C11H11BrN2O2S. The van der Waals surface area contributed by atoms with Gasteiger partial charge in [0.15, 0.2) is 0 Å². The second kappa shape index (κ2) is 5.01. The molecule has 4 nitrogen and oxygen atoms in total. The van der Waals surface area contributed by atoms with Gasteiger partial charge in [-0.05, 0) is 39.9 Å². The minimum Gasteiger partial charge on any atom is -0.481 e. The minimum atomic E-state index is -0.824. The molecule has 2 aromatic heterocycles. The van der Waals surface area contributed by atoms with Crippen LogP contribution in [0.3, 0.4) is 0 Å².